The van der Waals surface area contributed by atoms with E-state index in [0.29, 0.717) is 12.0 Å². The Morgan fingerprint density at radius 3 is 2.43 bits per heavy atom. The summed E-state index contributed by atoms with van der Waals surface area (Å²) in [4.78, 5) is 4.28. The van der Waals surface area contributed by atoms with Crippen molar-refractivity contribution in [2.45, 2.75) is 33.4 Å². The first kappa shape index (κ1) is 15.4. The van der Waals surface area contributed by atoms with Gasteiger partial charge >= 0.3 is 0 Å². The SMILES string of the molecule is CN=C(NCc1ccc2ccccc2c1)NC(C)C(C)C. The third-order valence-electron chi connectivity index (χ3n) is 3.86. The summed E-state index contributed by atoms with van der Waals surface area (Å²) < 4.78 is 0. The van der Waals surface area contributed by atoms with Crippen molar-refractivity contribution >= 4 is 16.7 Å². The summed E-state index contributed by atoms with van der Waals surface area (Å²) >= 11 is 0. The zero-order valence-corrected chi connectivity index (χ0v) is 13.4. The lowest BCUT2D eigenvalue weighted by molar-refractivity contribution is 0.481. The molecule has 0 aliphatic heterocycles. The van der Waals surface area contributed by atoms with Crippen LogP contribution in [0.2, 0.25) is 0 Å². The van der Waals surface area contributed by atoms with E-state index >= 15 is 0 Å². The van der Waals surface area contributed by atoms with E-state index in [1.54, 1.807) is 0 Å². The smallest absolute Gasteiger partial charge is 0.191 e. The molecule has 0 spiro atoms. The van der Waals surface area contributed by atoms with E-state index < -0.39 is 0 Å². The van der Waals surface area contributed by atoms with E-state index in [9.17, 15) is 0 Å². The Balaban J connectivity index is 2.00. The van der Waals surface area contributed by atoms with Gasteiger partial charge in [-0.15, -0.1) is 0 Å². The number of hydrogen-bond acceptors (Lipinski definition) is 1. The van der Waals surface area contributed by atoms with Crippen LogP contribution in [0.25, 0.3) is 10.8 Å². The Labute approximate surface area is 127 Å². The molecular weight excluding hydrogens is 258 g/mol. The van der Waals surface area contributed by atoms with Crippen molar-refractivity contribution in [3.63, 3.8) is 0 Å². The van der Waals surface area contributed by atoms with E-state index in [2.05, 4.69) is 78.9 Å². The van der Waals surface area contributed by atoms with Gasteiger partial charge < -0.3 is 10.6 Å². The van der Waals surface area contributed by atoms with Crippen LogP contribution in [0.5, 0.6) is 0 Å². The molecule has 2 N–H and O–H groups in total. The summed E-state index contributed by atoms with van der Waals surface area (Å²) in [6.45, 7) is 7.35. The standard InChI is InChI=1S/C18H25N3/c1-13(2)14(3)21-18(19-4)20-12-15-9-10-16-7-5-6-8-17(16)11-15/h5-11,13-14H,12H2,1-4H3,(H2,19,20,21). The predicted octanol–water partition coefficient (Wildman–Crippen LogP) is 3.55. The highest BCUT2D eigenvalue weighted by Crippen LogP contribution is 2.15. The second-order valence-electron chi connectivity index (χ2n) is 5.78. The fourth-order valence-corrected chi connectivity index (χ4v) is 2.11. The summed E-state index contributed by atoms with van der Waals surface area (Å²) in [6.07, 6.45) is 0. The zero-order valence-electron chi connectivity index (χ0n) is 13.4. The van der Waals surface area contributed by atoms with Gasteiger partial charge in [-0.2, -0.15) is 0 Å². The molecule has 2 aromatic rings. The lowest BCUT2D eigenvalue weighted by Gasteiger charge is -2.20. The number of benzene rings is 2. The summed E-state index contributed by atoms with van der Waals surface area (Å²) in [5, 5.41) is 9.34. The van der Waals surface area contributed by atoms with Crippen molar-refractivity contribution in [2.75, 3.05) is 7.05 Å². The number of nitrogens with zero attached hydrogens (tertiary/aromatic N) is 1. The summed E-state index contributed by atoms with van der Waals surface area (Å²) in [7, 11) is 1.81. The van der Waals surface area contributed by atoms with Gasteiger partial charge in [0.15, 0.2) is 5.96 Å². The molecule has 2 rings (SSSR count). The van der Waals surface area contributed by atoms with Crippen LogP contribution >= 0.6 is 0 Å². The monoisotopic (exact) mass is 283 g/mol. The Bertz CT molecular complexity index is 617. The van der Waals surface area contributed by atoms with Crippen LogP contribution in [0, 0.1) is 5.92 Å². The Hall–Kier alpha value is -2.03. The average molecular weight is 283 g/mol. The molecule has 0 aliphatic carbocycles. The first-order chi connectivity index (χ1) is 10.1. The molecule has 112 valence electrons. The third-order valence-corrected chi connectivity index (χ3v) is 3.86. The van der Waals surface area contributed by atoms with Crippen molar-refractivity contribution in [1.82, 2.24) is 10.6 Å². The number of rotatable bonds is 4. The van der Waals surface area contributed by atoms with Crippen molar-refractivity contribution in [3.05, 3.63) is 48.0 Å². The van der Waals surface area contributed by atoms with E-state index in [-0.39, 0.29) is 0 Å². The number of nitrogens with one attached hydrogen (secondary N) is 2. The molecule has 0 bridgehead atoms. The highest BCUT2D eigenvalue weighted by atomic mass is 15.2. The Kier molecular flexibility index (Phi) is 5.20. The second-order valence-corrected chi connectivity index (χ2v) is 5.78. The van der Waals surface area contributed by atoms with Gasteiger partial charge in [0.2, 0.25) is 0 Å². The minimum Gasteiger partial charge on any atom is -0.354 e. The van der Waals surface area contributed by atoms with Crippen LogP contribution < -0.4 is 10.6 Å². The van der Waals surface area contributed by atoms with Gasteiger partial charge in [0.05, 0.1) is 0 Å². The van der Waals surface area contributed by atoms with Crippen molar-refractivity contribution in [2.24, 2.45) is 10.9 Å². The molecule has 0 saturated heterocycles. The Morgan fingerprint density at radius 1 is 1.05 bits per heavy atom. The molecule has 3 nitrogen and oxygen atoms in total. The van der Waals surface area contributed by atoms with Gasteiger partial charge in [0, 0.05) is 19.6 Å². The van der Waals surface area contributed by atoms with Gasteiger partial charge in [-0.25, -0.2) is 0 Å². The molecule has 0 amide bonds. The average Bonchev–Trinajstić information content (AvgIpc) is 2.50. The van der Waals surface area contributed by atoms with Gasteiger partial charge in [0.1, 0.15) is 0 Å². The maximum absolute atomic E-state index is 4.28. The lowest BCUT2D eigenvalue weighted by atomic mass is 10.1. The summed E-state index contributed by atoms with van der Waals surface area (Å²) in [5.41, 5.74) is 1.26. The fraction of sp³-hybridized carbons (Fsp3) is 0.389. The van der Waals surface area contributed by atoms with Crippen molar-refractivity contribution in [1.29, 1.82) is 0 Å². The van der Waals surface area contributed by atoms with Crippen LogP contribution in [0.1, 0.15) is 26.3 Å². The largest absolute Gasteiger partial charge is 0.354 e. The van der Waals surface area contributed by atoms with Crippen molar-refractivity contribution < 1.29 is 0 Å². The molecule has 0 aliphatic rings. The van der Waals surface area contributed by atoms with E-state index in [1.165, 1.54) is 16.3 Å². The summed E-state index contributed by atoms with van der Waals surface area (Å²) in [6, 6.07) is 15.4. The first-order valence-corrected chi connectivity index (χ1v) is 7.55. The number of guanidine groups is 1. The van der Waals surface area contributed by atoms with Crippen LogP contribution in [0.4, 0.5) is 0 Å². The fourth-order valence-electron chi connectivity index (χ4n) is 2.11. The molecule has 21 heavy (non-hydrogen) atoms. The van der Waals surface area contributed by atoms with Crippen LogP contribution in [0.15, 0.2) is 47.5 Å². The molecule has 0 aromatic heterocycles. The number of fused-ring (bicyclic) bond motifs is 1. The van der Waals surface area contributed by atoms with Crippen LogP contribution in [0.3, 0.4) is 0 Å². The number of hydrogen-bond donors (Lipinski definition) is 2. The molecule has 0 fully saturated rings. The van der Waals surface area contributed by atoms with Crippen LogP contribution in [-0.2, 0) is 6.54 Å². The first-order valence-electron chi connectivity index (χ1n) is 7.55. The maximum Gasteiger partial charge on any atom is 0.191 e. The quantitative estimate of drug-likeness (QED) is 0.665. The number of aliphatic imine (C=N–C) groups is 1. The zero-order chi connectivity index (χ0) is 15.2. The maximum atomic E-state index is 4.28. The molecular formula is C18H25N3. The molecule has 3 heteroatoms. The van der Waals surface area contributed by atoms with Gasteiger partial charge in [0.25, 0.3) is 0 Å². The van der Waals surface area contributed by atoms with Gasteiger partial charge in [-0.3, -0.25) is 4.99 Å². The molecule has 1 atom stereocenters. The highest BCUT2D eigenvalue weighted by Gasteiger charge is 2.08. The molecule has 0 radical (unpaired) electrons. The van der Waals surface area contributed by atoms with Gasteiger partial charge in [-0.1, -0.05) is 50.2 Å². The topological polar surface area (TPSA) is 36.4 Å². The van der Waals surface area contributed by atoms with Crippen LogP contribution in [-0.4, -0.2) is 19.0 Å². The second kappa shape index (κ2) is 7.11. The lowest BCUT2D eigenvalue weighted by Crippen LogP contribution is -2.43. The highest BCUT2D eigenvalue weighted by molar-refractivity contribution is 5.83. The molecule has 1 unspecified atom stereocenters. The minimum atomic E-state index is 0.396. The summed E-state index contributed by atoms with van der Waals surface area (Å²) in [5.74, 6) is 1.42. The Morgan fingerprint density at radius 2 is 1.76 bits per heavy atom. The van der Waals surface area contributed by atoms with Gasteiger partial charge in [-0.05, 0) is 35.2 Å². The van der Waals surface area contributed by atoms with Crippen molar-refractivity contribution in [3.8, 4) is 0 Å². The molecule has 0 saturated carbocycles. The molecule has 0 heterocycles. The van der Waals surface area contributed by atoms with E-state index in [4.69, 9.17) is 0 Å². The van der Waals surface area contributed by atoms with E-state index in [0.717, 1.165) is 12.5 Å². The predicted molar refractivity (Wildman–Crippen MR) is 91.6 cm³/mol. The normalized spacial score (nSPS) is 13.5. The third kappa shape index (κ3) is 4.22. The molecule has 2 aromatic carbocycles. The minimum absolute atomic E-state index is 0.396. The van der Waals surface area contributed by atoms with E-state index in [1.807, 2.05) is 7.05 Å².